The molecule has 1 aromatic heterocycles. The predicted octanol–water partition coefficient (Wildman–Crippen LogP) is 2.50. The zero-order chi connectivity index (χ0) is 21.3. The molecule has 10 heteroatoms. The summed E-state index contributed by atoms with van der Waals surface area (Å²) in [4.78, 5) is 25.5. The molecule has 2 amide bonds. The number of carbonyl (C=O) groups is 2. The third kappa shape index (κ3) is 6.38. The molecule has 1 atom stereocenters. The van der Waals surface area contributed by atoms with Crippen LogP contribution in [0.15, 0.2) is 59.1 Å². The first kappa shape index (κ1) is 21.4. The molecule has 0 saturated heterocycles. The lowest BCUT2D eigenvalue weighted by Crippen LogP contribution is -2.47. The molecule has 0 spiro atoms. The van der Waals surface area contributed by atoms with Crippen LogP contribution >= 0.6 is 15.9 Å². The molecule has 0 bridgehead atoms. The monoisotopic (exact) mass is 472 g/mol. The standard InChI is InChI=1S/C20H21BrN6O3/c1-14(30-17-10-5-9-16(21)13-17)20(29)24-22-18(28)11-6-12-27-25-19(23-26-27)15-7-3-2-4-8-15/h2-5,7-10,13-14H,6,11-12H2,1H3,(H,22,28)(H,24,29). The lowest BCUT2D eigenvalue weighted by Gasteiger charge is -2.15. The molecule has 0 aliphatic heterocycles. The number of nitrogens with one attached hydrogen (secondary N) is 2. The molecule has 1 unspecified atom stereocenters. The number of halogens is 1. The molecule has 2 N–H and O–H groups in total. The molecule has 0 fully saturated rings. The average Bonchev–Trinajstić information content (AvgIpc) is 3.21. The Bertz CT molecular complexity index is 995. The maximum Gasteiger partial charge on any atom is 0.279 e. The normalized spacial score (nSPS) is 11.5. The van der Waals surface area contributed by atoms with E-state index in [1.807, 2.05) is 36.4 Å². The van der Waals surface area contributed by atoms with Crippen molar-refractivity contribution >= 4 is 27.7 Å². The predicted molar refractivity (Wildman–Crippen MR) is 113 cm³/mol. The van der Waals surface area contributed by atoms with Crippen LogP contribution in [-0.2, 0) is 16.1 Å². The van der Waals surface area contributed by atoms with Crippen LogP contribution in [0.5, 0.6) is 5.75 Å². The summed E-state index contributed by atoms with van der Waals surface area (Å²) in [5.41, 5.74) is 5.63. The Labute approximate surface area is 181 Å². The number of amides is 2. The number of tetrazole rings is 1. The smallest absolute Gasteiger partial charge is 0.279 e. The van der Waals surface area contributed by atoms with Gasteiger partial charge in [-0.2, -0.15) is 4.80 Å². The molecule has 156 valence electrons. The number of nitrogens with zero attached hydrogens (tertiary/aromatic N) is 4. The van der Waals surface area contributed by atoms with Crippen LogP contribution in [0.2, 0.25) is 0 Å². The minimum Gasteiger partial charge on any atom is -0.481 e. The average molecular weight is 473 g/mol. The number of hydrazine groups is 1. The van der Waals surface area contributed by atoms with Gasteiger partial charge in [-0.1, -0.05) is 52.3 Å². The second kappa shape index (κ2) is 10.5. The Morgan fingerprint density at radius 2 is 1.93 bits per heavy atom. The highest BCUT2D eigenvalue weighted by Gasteiger charge is 2.15. The fraction of sp³-hybridized carbons (Fsp3) is 0.250. The van der Waals surface area contributed by atoms with E-state index in [0.717, 1.165) is 10.0 Å². The number of rotatable bonds is 8. The topological polar surface area (TPSA) is 111 Å². The van der Waals surface area contributed by atoms with Gasteiger partial charge in [0, 0.05) is 16.5 Å². The van der Waals surface area contributed by atoms with Crippen molar-refractivity contribution in [1.29, 1.82) is 0 Å². The summed E-state index contributed by atoms with van der Waals surface area (Å²) < 4.78 is 6.39. The molecule has 3 aromatic rings. The van der Waals surface area contributed by atoms with Crippen molar-refractivity contribution in [3.63, 3.8) is 0 Å². The summed E-state index contributed by atoms with van der Waals surface area (Å²) in [6.07, 6.45) is -0.0740. The van der Waals surface area contributed by atoms with Crippen molar-refractivity contribution in [3.8, 4) is 17.1 Å². The molecule has 3 rings (SSSR count). The molecule has 0 aliphatic carbocycles. The van der Waals surface area contributed by atoms with E-state index >= 15 is 0 Å². The first-order valence-electron chi connectivity index (χ1n) is 9.35. The summed E-state index contributed by atoms with van der Waals surface area (Å²) in [5, 5.41) is 12.3. The molecular weight excluding hydrogens is 452 g/mol. The van der Waals surface area contributed by atoms with E-state index in [1.54, 1.807) is 25.1 Å². The van der Waals surface area contributed by atoms with Gasteiger partial charge in [0.1, 0.15) is 5.75 Å². The maximum atomic E-state index is 12.1. The fourth-order valence-corrected chi connectivity index (χ4v) is 2.89. The van der Waals surface area contributed by atoms with Gasteiger partial charge >= 0.3 is 0 Å². The van der Waals surface area contributed by atoms with Gasteiger partial charge < -0.3 is 4.74 Å². The molecule has 0 radical (unpaired) electrons. The third-order valence-electron chi connectivity index (χ3n) is 4.05. The molecule has 0 aliphatic rings. The number of aryl methyl sites for hydroxylation is 1. The van der Waals surface area contributed by atoms with E-state index in [2.05, 4.69) is 42.2 Å². The first-order valence-corrected chi connectivity index (χ1v) is 10.1. The van der Waals surface area contributed by atoms with E-state index in [4.69, 9.17) is 4.74 Å². The molecular formula is C20H21BrN6O3. The molecule has 1 heterocycles. The number of carbonyl (C=O) groups excluding carboxylic acids is 2. The number of hydrogen-bond donors (Lipinski definition) is 2. The van der Waals surface area contributed by atoms with Crippen molar-refractivity contribution in [2.24, 2.45) is 0 Å². The minimum atomic E-state index is -0.768. The van der Waals surface area contributed by atoms with Crippen molar-refractivity contribution in [1.82, 2.24) is 31.1 Å². The van der Waals surface area contributed by atoms with Gasteiger partial charge in [-0.25, -0.2) is 0 Å². The zero-order valence-corrected chi connectivity index (χ0v) is 17.9. The van der Waals surface area contributed by atoms with Crippen LogP contribution < -0.4 is 15.6 Å². The highest BCUT2D eigenvalue weighted by atomic mass is 79.9. The number of aromatic nitrogens is 4. The van der Waals surface area contributed by atoms with E-state index in [9.17, 15) is 9.59 Å². The van der Waals surface area contributed by atoms with Crippen LogP contribution in [0.1, 0.15) is 19.8 Å². The fourth-order valence-electron chi connectivity index (χ4n) is 2.52. The summed E-state index contributed by atoms with van der Waals surface area (Å²) in [7, 11) is 0. The van der Waals surface area contributed by atoms with Crippen LogP contribution in [0, 0.1) is 0 Å². The van der Waals surface area contributed by atoms with Crippen LogP contribution in [0.4, 0.5) is 0 Å². The van der Waals surface area contributed by atoms with Gasteiger partial charge in [-0.15, -0.1) is 10.2 Å². The van der Waals surface area contributed by atoms with E-state index in [1.165, 1.54) is 4.80 Å². The molecule has 9 nitrogen and oxygen atoms in total. The summed E-state index contributed by atoms with van der Waals surface area (Å²) >= 11 is 3.34. The molecule has 0 saturated carbocycles. The zero-order valence-electron chi connectivity index (χ0n) is 16.3. The van der Waals surface area contributed by atoms with E-state index in [-0.39, 0.29) is 12.3 Å². The van der Waals surface area contributed by atoms with Crippen LogP contribution in [-0.4, -0.2) is 38.1 Å². The number of ether oxygens (including phenoxy) is 1. The van der Waals surface area contributed by atoms with Gasteiger partial charge in [0.05, 0.1) is 6.54 Å². The minimum absolute atomic E-state index is 0.198. The summed E-state index contributed by atoms with van der Waals surface area (Å²) in [6, 6.07) is 16.7. The lowest BCUT2D eigenvalue weighted by molar-refractivity contribution is -0.132. The van der Waals surface area contributed by atoms with Crippen LogP contribution in [0.25, 0.3) is 11.4 Å². The maximum absolute atomic E-state index is 12.1. The highest BCUT2D eigenvalue weighted by molar-refractivity contribution is 9.10. The van der Waals surface area contributed by atoms with Gasteiger partial charge in [-0.3, -0.25) is 20.4 Å². The molecule has 2 aromatic carbocycles. The Morgan fingerprint density at radius 1 is 1.13 bits per heavy atom. The van der Waals surface area contributed by atoms with Crippen molar-refractivity contribution in [2.75, 3.05) is 0 Å². The van der Waals surface area contributed by atoms with Gasteiger partial charge in [0.25, 0.3) is 5.91 Å². The van der Waals surface area contributed by atoms with Crippen molar-refractivity contribution in [3.05, 3.63) is 59.1 Å². The summed E-state index contributed by atoms with van der Waals surface area (Å²) in [5.74, 6) is 0.315. The van der Waals surface area contributed by atoms with Gasteiger partial charge in [0.15, 0.2) is 6.10 Å². The Kier molecular flexibility index (Phi) is 7.50. The number of hydrogen-bond acceptors (Lipinski definition) is 6. The highest BCUT2D eigenvalue weighted by Crippen LogP contribution is 2.18. The summed E-state index contributed by atoms with van der Waals surface area (Å²) in [6.45, 7) is 2.03. The Hall–Kier alpha value is -3.27. The quantitative estimate of drug-likeness (QED) is 0.487. The SMILES string of the molecule is CC(Oc1cccc(Br)c1)C(=O)NNC(=O)CCCn1nnc(-c2ccccc2)n1. The van der Waals surface area contributed by atoms with Crippen molar-refractivity contribution in [2.45, 2.75) is 32.4 Å². The number of benzene rings is 2. The Morgan fingerprint density at radius 3 is 2.70 bits per heavy atom. The second-order valence-corrected chi connectivity index (χ2v) is 7.35. The second-order valence-electron chi connectivity index (χ2n) is 6.43. The Balaban J connectivity index is 1.36. The van der Waals surface area contributed by atoms with E-state index in [0.29, 0.717) is 24.5 Å². The van der Waals surface area contributed by atoms with Crippen LogP contribution in [0.3, 0.4) is 0 Å². The van der Waals surface area contributed by atoms with Crippen molar-refractivity contribution < 1.29 is 14.3 Å². The lowest BCUT2D eigenvalue weighted by atomic mass is 10.2. The molecule has 30 heavy (non-hydrogen) atoms. The van der Waals surface area contributed by atoms with Gasteiger partial charge in [-0.05, 0) is 36.8 Å². The first-order chi connectivity index (χ1) is 14.5. The third-order valence-corrected chi connectivity index (χ3v) is 4.54. The van der Waals surface area contributed by atoms with Gasteiger partial charge in [0.2, 0.25) is 11.7 Å². The largest absolute Gasteiger partial charge is 0.481 e. The van der Waals surface area contributed by atoms with E-state index < -0.39 is 12.0 Å².